The summed E-state index contributed by atoms with van der Waals surface area (Å²) in [7, 11) is 0. The van der Waals surface area contributed by atoms with Crippen molar-refractivity contribution in [2.45, 2.75) is 26.8 Å². The highest BCUT2D eigenvalue weighted by Crippen LogP contribution is 2.35. The number of aryl methyl sites for hydroxylation is 2. The van der Waals surface area contributed by atoms with Gasteiger partial charge in [0, 0.05) is 6.20 Å². The molecule has 0 amide bonds. The summed E-state index contributed by atoms with van der Waals surface area (Å²) in [6, 6.07) is 1.86. The average molecular weight is 273 g/mol. The minimum atomic E-state index is -1.19. The van der Waals surface area contributed by atoms with Crippen molar-refractivity contribution in [2.24, 2.45) is 0 Å². The Hall–Kier alpha value is -2.30. The van der Waals surface area contributed by atoms with Crippen LogP contribution in [0.2, 0.25) is 0 Å². The van der Waals surface area contributed by atoms with Crippen molar-refractivity contribution in [2.75, 3.05) is 6.61 Å². The topological polar surface area (TPSA) is 68.5 Å². The number of pyridine rings is 1. The molecule has 0 radical (unpaired) electrons. The highest BCUT2D eigenvalue weighted by atomic mass is 16.5. The number of carboxylic acid groups (broad SMARTS) is 1. The third kappa shape index (κ3) is 1.56. The van der Waals surface area contributed by atoms with Crippen LogP contribution in [-0.4, -0.2) is 22.2 Å². The second kappa shape index (κ2) is 4.10. The van der Waals surface area contributed by atoms with Crippen LogP contribution in [0.4, 0.5) is 0 Å². The van der Waals surface area contributed by atoms with Gasteiger partial charge >= 0.3 is 5.97 Å². The Morgan fingerprint density at radius 1 is 1.40 bits per heavy atom. The predicted molar refractivity (Wildman–Crippen MR) is 74.8 cm³/mol. The van der Waals surface area contributed by atoms with E-state index in [2.05, 4.69) is 0 Å². The highest BCUT2D eigenvalue weighted by Gasteiger charge is 2.25. The van der Waals surface area contributed by atoms with Crippen LogP contribution in [0.3, 0.4) is 0 Å². The van der Waals surface area contributed by atoms with E-state index >= 15 is 0 Å². The fourth-order valence-electron chi connectivity index (χ4n) is 2.85. The maximum Gasteiger partial charge on any atom is 0.341 e. The van der Waals surface area contributed by atoms with Gasteiger partial charge in [0.2, 0.25) is 5.43 Å². The number of aromatic carboxylic acids is 1. The molecule has 2 heterocycles. The Kier molecular flexibility index (Phi) is 2.61. The molecule has 0 saturated heterocycles. The van der Waals surface area contributed by atoms with Crippen LogP contribution in [0.25, 0.3) is 10.9 Å². The zero-order valence-corrected chi connectivity index (χ0v) is 11.6. The maximum absolute atomic E-state index is 12.4. The molecule has 1 aromatic heterocycles. The van der Waals surface area contributed by atoms with Crippen LogP contribution in [0.15, 0.2) is 17.1 Å². The Morgan fingerprint density at radius 3 is 2.75 bits per heavy atom. The molecule has 1 unspecified atom stereocenters. The summed E-state index contributed by atoms with van der Waals surface area (Å²) in [4.78, 5) is 23.7. The lowest BCUT2D eigenvalue weighted by atomic mass is 10.0. The van der Waals surface area contributed by atoms with Crippen LogP contribution in [0.1, 0.15) is 34.5 Å². The Balaban J connectivity index is 2.60. The van der Waals surface area contributed by atoms with Gasteiger partial charge in [-0.05, 0) is 31.9 Å². The van der Waals surface area contributed by atoms with Gasteiger partial charge in [-0.25, -0.2) is 4.79 Å². The van der Waals surface area contributed by atoms with E-state index in [1.807, 2.05) is 31.4 Å². The van der Waals surface area contributed by atoms with E-state index in [0.717, 1.165) is 11.1 Å². The summed E-state index contributed by atoms with van der Waals surface area (Å²) in [5.41, 5.74) is 1.81. The Morgan fingerprint density at radius 2 is 2.10 bits per heavy atom. The first-order valence-electron chi connectivity index (χ1n) is 6.47. The fourth-order valence-corrected chi connectivity index (χ4v) is 2.85. The van der Waals surface area contributed by atoms with Crippen molar-refractivity contribution in [1.29, 1.82) is 0 Å². The van der Waals surface area contributed by atoms with Crippen LogP contribution in [0.5, 0.6) is 5.75 Å². The molecule has 1 atom stereocenters. The Labute approximate surface area is 115 Å². The van der Waals surface area contributed by atoms with E-state index in [1.165, 1.54) is 6.20 Å². The molecule has 3 rings (SSSR count). The number of rotatable bonds is 1. The standard InChI is InChI=1S/C15H15NO4/c1-7-4-8(2)14-12-11(7)13(17)10(15(18)19)5-16(12)9(3)6-20-14/h4-5,9H,6H2,1-3H3,(H,18,19). The van der Waals surface area contributed by atoms with Gasteiger partial charge in [0.05, 0.1) is 16.9 Å². The third-order valence-electron chi connectivity index (χ3n) is 3.81. The molecule has 5 heteroatoms. The highest BCUT2D eigenvalue weighted by molar-refractivity contribution is 5.96. The summed E-state index contributed by atoms with van der Waals surface area (Å²) < 4.78 is 7.59. The van der Waals surface area contributed by atoms with E-state index in [-0.39, 0.29) is 11.6 Å². The van der Waals surface area contributed by atoms with Crippen molar-refractivity contribution in [3.8, 4) is 5.75 Å². The molecule has 0 fully saturated rings. The van der Waals surface area contributed by atoms with Gasteiger partial charge in [-0.3, -0.25) is 4.79 Å². The molecule has 1 aliphatic rings. The van der Waals surface area contributed by atoms with Crippen LogP contribution >= 0.6 is 0 Å². The SMILES string of the molecule is Cc1cc(C)c2c(=O)c(C(=O)O)cn3c2c1OCC3C. The van der Waals surface area contributed by atoms with Gasteiger partial charge in [0.25, 0.3) is 0 Å². The number of hydrogen-bond acceptors (Lipinski definition) is 3. The second-order valence-electron chi connectivity index (χ2n) is 5.31. The first kappa shape index (κ1) is 12.7. The lowest BCUT2D eigenvalue weighted by molar-refractivity contribution is 0.0694. The van der Waals surface area contributed by atoms with E-state index < -0.39 is 11.4 Å². The molecule has 1 aromatic carbocycles. The Bertz CT molecular complexity index is 804. The molecular weight excluding hydrogens is 258 g/mol. The molecule has 1 N–H and O–H groups in total. The van der Waals surface area contributed by atoms with Crippen molar-refractivity contribution < 1.29 is 14.6 Å². The molecule has 20 heavy (non-hydrogen) atoms. The zero-order chi connectivity index (χ0) is 14.6. The van der Waals surface area contributed by atoms with Crippen molar-refractivity contribution in [3.05, 3.63) is 39.2 Å². The number of hydrogen-bond donors (Lipinski definition) is 1. The van der Waals surface area contributed by atoms with Gasteiger partial charge in [-0.15, -0.1) is 0 Å². The van der Waals surface area contributed by atoms with E-state index in [4.69, 9.17) is 4.74 Å². The van der Waals surface area contributed by atoms with E-state index in [1.54, 1.807) is 0 Å². The largest absolute Gasteiger partial charge is 0.489 e. The number of carbonyl (C=O) groups is 1. The number of ether oxygens (including phenoxy) is 1. The van der Waals surface area contributed by atoms with Crippen molar-refractivity contribution in [1.82, 2.24) is 4.57 Å². The van der Waals surface area contributed by atoms with Gasteiger partial charge in [-0.1, -0.05) is 6.07 Å². The summed E-state index contributed by atoms with van der Waals surface area (Å²) in [6.07, 6.45) is 1.43. The summed E-state index contributed by atoms with van der Waals surface area (Å²) in [6.45, 7) is 6.16. The first-order chi connectivity index (χ1) is 9.41. The van der Waals surface area contributed by atoms with Crippen LogP contribution in [-0.2, 0) is 0 Å². The quantitative estimate of drug-likeness (QED) is 0.865. The minimum absolute atomic E-state index is 0.00935. The van der Waals surface area contributed by atoms with Gasteiger partial charge in [0.15, 0.2) is 0 Å². The van der Waals surface area contributed by atoms with Crippen molar-refractivity contribution >= 4 is 16.9 Å². The number of nitrogens with zero attached hydrogens (tertiary/aromatic N) is 1. The summed E-state index contributed by atoms with van der Waals surface area (Å²) >= 11 is 0. The summed E-state index contributed by atoms with van der Waals surface area (Å²) in [5, 5.41) is 9.66. The van der Waals surface area contributed by atoms with Gasteiger partial charge in [0.1, 0.15) is 17.9 Å². The fraction of sp³-hybridized carbons (Fsp3) is 0.333. The normalized spacial score (nSPS) is 17.1. The maximum atomic E-state index is 12.4. The van der Waals surface area contributed by atoms with E-state index in [0.29, 0.717) is 23.3 Å². The lowest BCUT2D eigenvalue weighted by Gasteiger charge is -2.28. The molecule has 2 aromatic rings. The molecule has 1 aliphatic heterocycles. The molecule has 0 spiro atoms. The second-order valence-corrected chi connectivity index (χ2v) is 5.31. The molecule has 104 valence electrons. The number of carboxylic acids is 1. The smallest absolute Gasteiger partial charge is 0.341 e. The minimum Gasteiger partial charge on any atom is -0.489 e. The van der Waals surface area contributed by atoms with Crippen LogP contribution in [0, 0.1) is 13.8 Å². The molecule has 0 aliphatic carbocycles. The molecule has 0 saturated carbocycles. The average Bonchev–Trinajstić information content (AvgIpc) is 2.36. The van der Waals surface area contributed by atoms with Gasteiger partial charge < -0.3 is 14.4 Å². The predicted octanol–water partition coefficient (Wildman–Crippen LogP) is 2.27. The molecule has 0 bridgehead atoms. The third-order valence-corrected chi connectivity index (χ3v) is 3.81. The number of benzene rings is 1. The van der Waals surface area contributed by atoms with E-state index in [9.17, 15) is 14.7 Å². The monoisotopic (exact) mass is 273 g/mol. The van der Waals surface area contributed by atoms with Gasteiger partial charge in [-0.2, -0.15) is 0 Å². The molecule has 5 nitrogen and oxygen atoms in total. The van der Waals surface area contributed by atoms with Crippen LogP contribution < -0.4 is 10.2 Å². The number of aromatic nitrogens is 1. The zero-order valence-electron chi connectivity index (χ0n) is 11.6. The first-order valence-corrected chi connectivity index (χ1v) is 6.47. The molecular formula is C15H15NO4. The van der Waals surface area contributed by atoms with Crippen molar-refractivity contribution in [3.63, 3.8) is 0 Å². The summed E-state index contributed by atoms with van der Waals surface area (Å²) in [5.74, 6) is -0.515. The lowest BCUT2D eigenvalue weighted by Crippen LogP contribution is -2.27.